The van der Waals surface area contributed by atoms with Crippen molar-refractivity contribution in [1.29, 1.82) is 0 Å². The molecule has 1 saturated carbocycles. The van der Waals surface area contributed by atoms with Crippen LogP contribution < -0.4 is 5.73 Å². The Morgan fingerprint density at radius 3 is 2.50 bits per heavy atom. The Bertz CT molecular complexity index is 139. The zero-order valence-electron chi connectivity index (χ0n) is 7.37. The average molecular weight is 171 g/mol. The summed E-state index contributed by atoms with van der Waals surface area (Å²) in [6.07, 6.45) is 5.36. The molecule has 2 rings (SSSR count). The van der Waals surface area contributed by atoms with Crippen LogP contribution in [0.2, 0.25) is 0 Å². The Hall–Kier alpha value is -0.120. The van der Waals surface area contributed by atoms with Gasteiger partial charge in [-0.05, 0) is 25.7 Å². The molecule has 12 heavy (non-hydrogen) atoms. The van der Waals surface area contributed by atoms with Crippen LogP contribution in [0.15, 0.2) is 0 Å². The molecule has 0 aromatic heterocycles. The fourth-order valence-electron chi connectivity index (χ4n) is 1.66. The Kier molecular flexibility index (Phi) is 2.63. The summed E-state index contributed by atoms with van der Waals surface area (Å²) in [5.74, 6) is 0. The lowest BCUT2D eigenvalue weighted by Crippen LogP contribution is -2.30. The molecule has 2 fully saturated rings. The van der Waals surface area contributed by atoms with Crippen molar-refractivity contribution in [2.45, 2.75) is 43.9 Å². The molecule has 0 aromatic carbocycles. The van der Waals surface area contributed by atoms with Gasteiger partial charge in [-0.15, -0.1) is 0 Å². The molecule has 0 aromatic rings. The molecule has 0 bridgehead atoms. The van der Waals surface area contributed by atoms with Crippen molar-refractivity contribution in [2.24, 2.45) is 5.73 Å². The topological polar surface area (TPSA) is 47.8 Å². The third kappa shape index (κ3) is 2.44. The van der Waals surface area contributed by atoms with Gasteiger partial charge in [0.25, 0.3) is 0 Å². The predicted octanol–water partition coefficient (Wildman–Crippen LogP) is 0.672. The van der Waals surface area contributed by atoms with Gasteiger partial charge in [-0.25, -0.2) is 0 Å². The van der Waals surface area contributed by atoms with Gasteiger partial charge in [-0.2, -0.15) is 0 Å². The molecule has 2 aliphatic rings. The van der Waals surface area contributed by atoms with Crippen molar-refractivity contribution in [1.82, 2.24) is 0 Å². The first-order valence-electron chi connectivity index (χ1n) is 4.83. The molecule has 0 spiro atoms. The number of hydrogen-bond acceptors (Lipinski definition) is 3. The first kappa shape index (κ1) is 8.48. The minimum absolute atomic E-state index is 0.403. The zero-order valence-corrected chi connectivity index (χ0v) is 7.37. The lowest BCUT2D eigenvalue weighted by molar-refractivity contribution is 0.0169. The van der Waals surface area contributed by atoms with Gasteiger partial charge in [0.15, 0.2) is 0 Å². The van der Waals surface area contributed by atoms with Crippen molar-refractivity contribution < 1.29 is 9.47 Å². The van der Waals surface area contributed by atoms with Gasteiger partial charge in [0.1, 0.15) is 6.10 Å². The molecule has 70 valence electrons. The molecule has 3 heteroatoms. The minimum Gasteiger partial charge on any atom is -0.375 e. The van der Waals surface area contributed by atoms with Gasteiger partial charge in [-0.1, -0.05) is 0 Å². The summed E-state index contributed by atoms with van der Waals surface area (Å²) >= 11 is 0. The van der Waals surface area contributed by atoms with E-state index in [0.29, 0.717) is 18.2 Å². The van der Waals surface area contributed by atoms with Gasteiger partial charge < -0.3 is 15.2 Å². The van der Waals surface area contributed by atoms with Crippen molar-refractivity contribution in [2.75, 3.05) is 13.2 Å². The van der Waals surface area contributed by atoms with Gasteiger partial charge in [-0.3, -0.25) is 0 Å². The van der Waals surface area contributed by atoms with E-state index in [1.807, 2.05) is 0 Å². The molecule has 3 nitrogen and oxygen atoms in total. The number of rotatable bonds is 3. The average Bonchev–Trinajstić information content (AvgIpc) is 2.87. The van der Waals surface area contributed by atoms with E-state index < -0.39 is 0 Å². The van der Waals surface area contributed by atoms with Crippen LogP contribution in [0, 0.1) is 0 Å². The number of nitrogens with two attached hydrogens (primary N) is 1. The van der Waals surface area contributed by atoms with Gasteiger partial charge >= 0.3 is 0 Å². The molecule has 1 aliphatic heterocycles. The lowest BCUT2D eigenvalue weighted by Gasteiger charge is -2.25. The fourth-order valence-corrected chi connectivity index (χ4v) is 1.66. The van der Waals surface area contributed by atoms with E-state index >= 15 is 0 Å². The van der Waals surface area contributed by atoms with Crippen LogP contribution >= 0.6 is 0 Å². The Morgan fingerprint density at radius 2 is 1.92 bits per heavy atom. The highest BCUT2D eigenvalue weighted by Crippen LogP contribution is 2.21. The maximum absolute atomic E-state index is 5.79. The number of ether oxygens (including phenoxy) is 2. The van der Waals surface area contributed by atoms with Crippen molar-refractivity contribution in [3.05, 3.63) is 0 Å². The third-order valence-corrected chi connectivity index (χ3v) is 2.64. The molecular formula is C9H17NO2. The normalized spacial score (nSPS) is 41.2. The SMILES string of the molecule is NC1CCC(OCC2CO2)CC1. The maximum atomic E-state index is 5.79. The smallest absolute Gasteiger partial charge is 0.104 e. The van der Waals surface area contributed by atoms with Crippen LogP contribution in [0.3, 0.4) is 0 Å². The van der Waals surface area contributed by atoms with E-state index in [2.05, 4.69) is 0 Å². The predicted molar refractivity (Wildman–Crippen MR) is 45.9 cm³/mol. The van der Waals surface area contributed by atoms with Gasteiger partial charge in [0, 0.05) is 6.04 Å². The van der Waals surface area contributed by atoms with E-state index in [-0.39, 0.29) is 0 Å². The van der Waals surface area contributed by atoms with Gasteiger partial charge in [0.2, 0.25) is 0 Å². The summed E-state index contributed by atoms with van der Waals surface area (Å²) in [6, 6.07) is 0.419. The highest BCUT2D eigenvalue weighted by atomic mass is 16.6. The highest BCUT2D eigenvalue weighted by molar-refractivity contribution is 4.76. The van der Waals surface area contributed by atoms with Crippen LogP contribution in [-0.4, -0.2) is 31.5 Å². The third-order valence-electron chi connectivity index (χ3n) is 2.64. The monoisotopic (exact) mass is 171 g/mol. The van der Waals surface area contributed by atoms with E-state index in [1.165, 1.54) is 0 Å². The molecule has 1 atom stereocenters. The van der Waals surface area contributed by atoms with Crippen LogP contribution in [0.25, 0.3) is 0 Å². The summed E-state index contributed by atoms with van der Waals surface area (Å²) < 4.78 is 10.7. The minimum atomic E-state index is 0.403. The molecule has 0 amide bonds. The molecule has 2 N–H and O–H groups in total. The first-order chi connectivity index (χ1) is 5.84. The van der Waals surface area contributed by atoms with Crippen LogP contribution in [-0.2, 0) is 9.47 Å². The quantitative estimate of drug-likeness (QED) is 0.635. The summed E-state index contributed by atoms with van der Waals surface area (Å²) in [5, 5.41) is 0. The van der Waals surface area contributed by atoms with Crippen molar-refractivity contribution in [3.8, 4) is 0 Å². The van der Waals surface area contributed by atoms with Crippen LogP contribution in [0.4, 0.5) is 0 Å². The zero-order chi connectivity index (χ0) is 8.39. The second kappa shape index (κ2) is 3.73. The van der Waals surface area contributed by atoms with Crippen LogP contribution in [0.1, 0.15) is 25.7 Å². The summed E-state index contributed by atoms with van der Waals surface area (Å²) in [6.45, 7) is 1.69. The Labute approximate surface area is 73.2 Å². The van der Waals surface area contributed by atoms with Crippen molar-refractivity contribution in [3.63, 3.8) is 0 Å². The lowest BCUT2D eigenvalue weighted by atomic mass is 9.94. The van der Waals surface area contributed by atoms with Crippen LogP contribution in [0.5, 0.6) is 0 Å². The van der Waals surface area contributed by atoms with E-state index in [0.717, 1.165) is 38.9 Å². The molecular weight excluding hydrogens is 154 g/mol. The number of hydrogen-bond donors (Lipinski definition) is 1. The standard InChI is InChI=1S/C9H17NO2/c10-7-1-3-8(4-2-7)11-5-9-6-12-9/h7-9H,1-6,10H2. The molecule has 0 radical (unpaired) electrons. The Balaban J connectivity index is 1.60. The van der Waals surface area contributed by atoms with Crippen molar-refractivity contribution >= 4 is 0 Å². The summed E-state index contributed by atoms with van der Waals surface area (Å²) in [7, 11) is 0. The molecule has 1 unspecified atom stereocenters. The van der Waals surface area contributed by atoms with E-state index in [1.54, 1.807) is 0 Å². The fraction of sp³-hybridized carbons (Fsp3) is 1.00. The second-order valence-corrected chi connectivity index (χ2v) is 3.83. The molecule has 1 aliphatic carbocycles. The van der Waals surface area contributed by atoms with E-state index in [9.17, 15) is 0 Å². The maximum Gasteiger partial charge on any atom is 0.104 e. The molecule has 1 saturated heterocycles. The van der Waals surface area contributed by atoms with E-state index in [4.69, 9.17) is 15.2 Å². The summed E-state index contributed by atoms with van der Waals surface area (Å²) in [5.41, 5.74) is 5.79. The Morgan fingerprint density at radius 1 is 1.25 bits per heavy atom. The number of epoxide rings is 1. The first-order valence-corrected chi connectivity index (χ1v) is 4.83. The molecule has 1 heterocycles. The highest BCUT2D eigenvalue weighted by Gasteiger charge is 2.25. The second-order valence-electron chi connectivity index (χ2n) is 3.83. The van der Waals surface area contributed by atoms with Gasteiger partial charge in [0.05, 0.1) is 19.3 Å². The largest absolute Gasteiger partial charge is 0.375 e. The summed E-state index contributed by atoms with van der Waals surface area (Å²) in [4.78, 5) is 0.